The van der Waals surface area contributed by atoms with Crippen LogP contribution in [0.5, 0.6) is 0 Å². The van der Waals surface area contributed by atoms with Gasteiger partial charge in [-0.05, 0) is 61.4 Å². The molecule has 0 saturated carbocycles. The van der Waals surface area contributed by atoms with E-state index in [4.69, 9.17) is 0 Å². The van der Waals surface area contributed by atoms with E-state index in [0.717, 1.165) is 29.9 Å². The first kappa shape index (κ1) is 20.3. The molecule has 0 bridgehead atoms. The van der Waals surface area contributed by atoms with Gasteiger partial charge in [-0.3, -0.25) is 25.2 Å². The van der Waals surface area contributed by atoms with Crippen LogP contribution in [0.15, 0.2) is 66.7 Å². The second-order valence-corrected chi connectivity index (χ2v) is 7.26. The molecule has 0 radical (unpaired) electrons. The third-order valence-electron chi connectivity index (χ3n) is 5.54. The highest BCUT2D eigenvalue weighted by atomic mass is 16.2. The van der Waals surface area contributed by atoms with Crippen molar-refractivity contribution in [2.75, 3.05) is 18.0 Å². The normalized spacial score (nSPS) is 11.5. The average Bonchev–Trinajstić information content (AvgIpc) is 3.10. The molecule has 0 aliphatic heterocycles. The van der Waals surface area contributed by atoms with Gasteiger partial charge in [0.05, 0.1) is 0 Å². The number of hydrazine groups is 1. The molecule has 0 heterocycles. The van der Waals surface area contributed by atoms with Crippen molar-refractivity contribution in [2.45, 2.75) is 13.8 Å². The fraction of sp³-hybridized carbons (Fsp3) is 0.160. The summed E-state index contributed by atoms with van der Waals surface area (Å²) in [5.74, 6) is -0.999. The minimum Gasteiger partial charge on any atom is -0.372 e. The number of benzene rings is 3. The fourth-order valence-corrected chi connectivity index (χ4v) is 3.84. The zero-order valence-corrected chi connectivity index (χ0v) is 17.4. The largest absolute Gasteiger partial charge is 0.372 e. The average molecular weight is 413 g/mol. The first-order chi connectivity index (χ1) is 15.0. The van der Waals surface area contributed by atoms with Crippen molar-refractivity contribution in [2.24, 2.45) is 0 Å². The number of carbonyl (C=O) groups is 3. The van der Waals surface area contributed by atoms with Crippen LogP contribution >= 0.6 is 0 Å². The van der Waals surface area contributed by atoms with E-state index in [-0.39, 0.29) is 5.78 Å². The Morgan fingerprint density at radius 1 is 0.710 bits per heavy atom. The molecule has 2 N–H and O–H groups in total. The number of carbonyl (C=O) groups excluding carboxylic acids is 3. The predicted molar refractivity (Wildman–Crippen MR) is 120 cm³/mol. The monoisotopic (exact) mass is 413 g/mol. The molecule has 31 heavy (non-hydrogen) atoms. The van der Waals surface area contributed by atoms with Crippen molar-refractivity contribution < 1.29 is 14.4 Å². The summed E-state index contributed by atoms with van der Waals surface area (Å²) in [6.07, 6.45) is 0. The third kappa shape index (κ3) is 3.80. The summed E-state index contributed by atoms with van der Waals surface area (Å²) in [4.78, 5) is 39.7. The van der Waals surface area contributed by atoms with E-state index >= 15 is 0 Å². The number of nitrogens with one attached hydrogen (secondary N) is 2. The molecular formula is C25H23N3O3. The van der Waals surface area contributed by atoms with Gasteiger partial charge in [0, 0.05) is 41.0 Å². The number of amides is 2. The van der Waals surface area contributed by atoms with Gasteiger partial charge >= 0.3 is 0 Å². The lowest BCUT2D eigenvalue weighted by Gasteiger charge is -2.21. The van der Waals surface area contributed by atoms with E-state index < -0.39 is 11.8 Å². The summed E-state index contributed by atoms with van der Waals surface area (Å²) in [6.45, 7) is 5.91. The highest BCUT2D eigenvalue weighted by molar-refractivity contribution is 6.22. The van der Waals surface area contributed by atoms with Crippen molar-refractivity contribution >= 4 is 23.3 Å². The zero-order chi connectivity index (χ0) is 22.0. The maximum absolute atomic E-state index is 12.6. The van der Waals surface area contributed by atoms with Gasteiger partial charge in [-0.15, -0.1) is 0 Å². The van der Waals surface area contributed by atoms with Crippen LogP contribution < -0.4 is 15.8 Å². The fourth-order valence-electron chi connectivity index (χ4n) is 3.84. The molecule has 0 unspecified atom stereocenters. The predicted octanol–water partition coefficient (Wildman–Crippen LogP) is 3.82. The molecule has 0 saturated heterocycles. The Morgan fingerprint density at radius 2 is 1.26 bits per heavy atom. The molecule has 2 amide bonds. The van der Waals surface area contributed by atoms with E-state index in [1.165, 1.54) is 0 Å². The second-order valence-electron chi connectivity index (χ2n) is 7.26. The lowest BCUT2D eigenvalue weighted by Crippen LogP contribution is -2.41. The van der Waals surface area contributed by atoms with Gasteiger partial charge in [-0.25, -0.2) is 0 Å². The molecule has 1 aliphatic carbocycles. The first-order valence-electron chi connectivity index (χ1n) is 10.3. The number of hydrogen-bond acceptors (Lipinski definition) is 4. The van der Waals surface area contributed by atoms with Crippen LogP contribution in [0.4, 0.5) is 5.69 Å². The van der Waals surface area contributed by atoms with E-state index in [9.17, 15) is 14.4 Å². The summed E-state index contributed by atoms with van der Waals surface area (Å²) < 4.78 is 0. The molecule has 0 aromatic heterocycles. The van der Waals surface area contributed by atoms with Crippen molar-refractivity contribution in [1.82, 2.24) is 10.9 Å². The van der Waals surface area contributed by atoms with Crippen molar-refractivity contribution in [3.63, 3.8) is 0 Å². The third-order valence-corrected chi connectivity index (χ3v) is 5.54. The maximum Gasteiger partial charge on any atom is 0.269 e. The minimum absolute atomic E-state index is 0.0995. The molecule has 3 aromatic carbocycles. The van der Waals surface area contributed by atoms with Gasteiger partial charge in [0.15, 0.2) is 5.78 Å². The number of rotatable bonds is 5. The SMILES string of the molecule is CCN(CC)c1ccc(C(=O)NNC(=O)c2ccc3c(c2)C(=O)c2ccccc2-3)cc1. The molecular weight excluding hydrogens is 390 g/mol. The number of fused-ring (bicyclic) bond motifs is 3. The van der Waals surface area contributed by atoms with Crippen LogP contribution in [0, 0.1) is 0 Å². The summed E-state index contributed by atoms with van der Waals surface area (Å²) in [7, 11) is 0. The van der Waals surface area contributed by atoms with E-state index in [2.05, 4.69) is 29.6 Å². The van der Waals surface area contributed by atoms with Crippen LogP contribution in [0.25, 0.3) is 11.1 Å². The van der Waals surface area contributed by atoms with Gasteiger partial charge in [-0.2, -0.15) is 0 Å². The molecule has 0 atom stereocenters. The van der Waals surface area contributed by atoms with Crippen molar-refractivity contribution in [1.29, 1.82) is 0 Å². The van der Waals surface area contributed by atoms with Crippen LogP contribution in [-0.4, -0.2) is 30.7 Å². The van der Waals surface area contributed by atoms with Crippen LogP contribution in [0.2, 0.25) is 0 Å². The van der Waals surface area contributed by atoms with Gasteiger partial charge < -0.3 is 4.90 Å². The highest BCUT2D eigenvalue weighted by Crippen LogP contribution is 2.36. The maximum atomic E-state index is 12.6. The first-order valence-corrected chi connectivity index (χ1v) is 10.3. The number of hydrogen-bond donors (Lipinski definition) is 2. The van der Waals surface area contributed by atoms with Crippen molar-refractivity contribution in [3.8, 4) is 11.1 Å². The zero-order valence-electron chi connectivity index (χ0n) is 17.4. The molecule has 156 valence electrons. The quantitative estimate of drug-likeness (QED) is 0.488. The minimum atomic E-state index is -0.486. The smallest absolute Gasteiger partial charge is 0.269 e. The Hall–Kier alpha value is -3.93. The van der Waals surface area contributed by atoms with E-state index in [0.29, 0.717) is 22.3 Å². The lowest BCUT2D eigenvalue weighted by molar-refractivity contribution is 0.0846. The Balaban J connectivity index is 1.43. The summed E-state index contributed by atoms with van der Waals surface area (Å²) >= 11 is 0. The molecule has 3 aromatic rings. The molecule has 4 rings (SSSR count). The number of nitrogens with zero attached hydrogens (tertiary/aromatic N) is 1. The standard InChI is InChI=1S/C25H23N3O3/c1-3-28(4-2)18-12-9-16(10-13-18)24(30)26-27-25(31)17-11-14-20-19-7-5-6-8-21(19)23(29)22(20)15-17/h5-15H,3-4H2,1-2H3,(H,26,30)(H,27,31). The Bertz CT molecular complexity index is 1160. The summed E-state index contributed by atoms with van der Waals surface area (Å²) in [5.41, 5.74) is 9.45. The van der Waals surface area contributed by atoms with Crippen LogP contribution in [0.3, 0.4) is 0 Å². The highest BCUT2D eigenvalue weighted by Gasteiger charge is 2.27. The van der Waals surface area contributed by atoms with E-state index in [1.807, 2.05) is 30.3 Å². The number of ketones is 1. The topological polar surface area (TPSA) is 78.5 Å². The second kappa shape index (κ2) is 8.44. The molecule has 6 nitrogen and oxygen atoms in total. The number of anilines is 1. The van der Waals surface area contributed by atoms with Gasteiger partial charge in [-0.1, -0.05) is 30.3 Å². The Kier molecular flexibility index (Phi) is 5.54. The molecule has 0 spiro atoms. The van der Waals surface area contributed by atoms with Crippen LogP contribution in [0.1, 0.15) is 50.5 Å². The van der Waals surface area contributed by atoms with Gasteiger partial charge in [0.2, 0.25) is 0 Å². The summed E-state index contributed by atoms with van der Waals surface area (Å²) in [6, 6.07) is 19.6. The Morgan fingerprint density at radius 3 is 1.90 bits per heavy atom. The van der Waals surface area contributed by atoms with Gasteiger partial charge in [0.25, 0.3) is 11.8 Å². The van der Waals surface area contributed by atoms with Crippen molar-refractivity contribution in [3.05, 3.63) is 89.0 Å². The molecule has 0 fully saturated rings. The van der Waals surface area contributed by atoms with Gasteiger partial charge in [0.1, 0.15) is 0 Å². The lowest BCUT2D eigenvalue weighted by atomic mass is 10.0. The van der Waals surface area contributed by atoms with Crippen LogP contribution in [-0.2, 0) is 0 Å². The Labute approximate surface area is 180 Å². The summed E-state index contributed by atoms with van der Waals surface area (Å²) in [5, 5.41) is 0. The van der Waals surface area contributed by atoms with E-state index in [1.54, 1.807) is 36.4 Å². The molecule has 1 aliphatic rings. The molecule has 6 heteroatoms.